The summed E-state index contributed by atoms with van der Waals surface area (Å²) >= 11 is 5.83. The van der Waals surface area contributed by atoms with Crippen molar-refractivity contribution in [3.63, 3.8) is 0 Å². The molecule has 2 heterocycles. The van der Waals surface area contributed by atoms with Crippen molar-refractivity contribution in [2.24, 2.45) is 5.92 Å². The number of halogens is 1. The van der Waals surface area contributed by atoms with E-state index in [9.17, 15) is 0 Å². The molecule has 3 rings (SSSR count). The van der Waals surface area contributed by atoms with Gasteiger partial charge in [0.05, 0.1) is 0 Å². The molecule has 1 aromatic heterocycles. The van der Waals surface area contributed by atoms with Crippen molar-refractivity contribution >= 4 is 11.6 Å². The van der Waals surface area contributed by atoms with Crippen molar-refractivity contribution in [2.75, 3.05) is 13.1 Å². The minimum absolute atomic E-state index is 0.559. The molecule has 0 amide bonds. The van der Waals surface area contributed by atoms with Crippen LogP contribution >= 0.6 is 11.6 Å². The summed E-state index contributed by atoms with van der Waals surface area (Å²) in [6.07, 6.45) is 0.879. The maximum atomic E-state index is 5.83. The van der Waals surface area contributed by atoms with Crippen LogP contribution < -0.4 is 5.32 Å². The number of nitrogens with zero attached hydrogens (tertiary/aromatic N) is 2. The van der Waals surface area contributed by atoms with Crippen LogP contribution in [0.15, 0.2) is 28.8 Å². The normalized spacial score (nSPS) is 15.8. The van der Waals surface area contributed by atoms with E-state index in [2.05, 4.69) is 15.5 Å². The molecule has 1 aliphatic heterocycles. The summed E-state index contributed by atoms with van der Waals surface area (Å²) in [6.45, 7) is 2.09. The predicted molar refractivity (Wildman–Crippen MR) is 64.8 cm³/mol. The van der Waals surface area contributed by atoms with Gasteiger partial charge >= 0.3 is 0 Å². The first-order chi connectivity index (χ1) is 8.31. The fraction of sp³-hybridized carbons (Fsp3) is 0.333. The largest absolute Gasteiger partial charge is 0.334 e. The average molecular weight is 250 g/mol. The van der Waals surface area contributed by atoms with Crippen LogP contribution in [0.2, 0.25) is 5.02 Å². The number of nitrogens with one attached hydrogen (secondary N) is 1. The molecule has 5 heteroatoms. The second-order valence-corrected chi connectivity index (χ2v) is 4.69. The third-order valence-electron chi connectivity index (χ3n) is 2.90. The SMILES string of the molecule is Clc1ccc(-c2nc(CC3CNC3)no2)cc1. The lowest BCUT2D eigenvalue weighted by molar-refractivity contribution is 0.333. The summed E-state index contributed by atoms with van der Waals surface area (Å²) in [5.41, 5.74) is 0.903. The van der Waals surface area contributed by atoms with Gasteiger partial charge in [0, 0.05) is 17.0 Å². The van der Waals surface area contributed by atoms with E-state index in [0.29, 0.717) is 16.8 Å². The highest BCUT2D eigenvalue weighted by Crippen LogP contribution is 2.20. The van der Waals surface area contributed by atoms with Crippen LogP contribution in [-0.2, 0) is 6.42 Å². The van der Waals surface area contributed by atoms with E-state index in [0.717, 1.165) is 30.9 Å². The van der Waals surface area contributed by atoms with Crippen molar-refractivity contribution in [3.8, 4) is 11.5 Å². The van der Waals surface area contributed by atoms with E-state index in [-0.39, 0.29) is 0 Å². The molecule has 1 aromatic carbocycles. The van der Waals surface area contributed by atoms with Crippen LogP contribution in [0.1, 0.15) is 5.82 Å². The number of benzene rings is 1. The van der Waals surface area contributed by atoms with E-state index >= 15 is 0 Å². The number of rotatable bonds is 3. The van der Waals surface area contributed by atoms with E-state index in [1.54, 1.807) is 0 Å². The van der Waals surface area contributed by atoms with E-state index in [4.69, 9.17) is 16.1 Å². The number of aromatic nitrogens is 2. The lowest BCUT2D eigenvalue weighted by atomic mass is 9.99. The molecule has 17 heavy (non-hydrogen) atoms. The molecule has 0 bridgehead atoms. The van der Waals surface area contributed by atoms with Crippen molar-refractivity contribution in [1.29, 1.82) is 0 Å². The molecule has 0 spiro atoms. The van der Waals surface area contributed by atoms with Gasteiger partial charge in [-0.25, -0.2) is 0 Å². The van der Waals surface area contributed by atoms with Crippen LogP contribution in [0.25, 0.3) is 11.5 Å². The summed E-state index contributed by atoms with van der Waals surface area (Å²) in [7, 11) is 0. The predicted octanol–water partition coefficient (Wildman–Crippen LogP) is 2.15. The number of hydrogen-bond donors (Lipinski definition) is 1. The van der Waals surface area contributed by atoms with E-state index < -0.39 is 0 Å². The molecule has 4 nitrogen and oxygen atoms in total. The molecular weight excluding hydrogens is 238 g/mol. The molecule has 0 radical (unpaired) electrons. The highest BCUT2D eigenvalue weighted by atomic mass is 35.5. The van der Waals surface area contributed by atoms with Gasteiger partial charge in [-0.2, -0.15) is 4.98 Å². The van der Waals surface area contributed by atoms with Gasteiger partial charge in [-0.1, -0.05) is 16.8 Å². The highest BCUT2D eigenvalue weighted by Gasteiger charge is 2.20. The highest BCUT2D eigenvalue weighted by molar-refractivity contribution is 6.30. The second-order valence-electron chi connectivity index (χ2n) is 4.25. The van der Waals surface area contributed by atoms with Gasteiger partial charge in [-0.15, -0.1) is 0 Å². The van der Waals surface area contributed by atoms with Crippen LogP contribution in [0.3, 0.4) is 0 Å². The monoisotopic (exact) mass is 249 g/mol. The Kier molecular flexibility index (Phi) is 2.82. The molecule has 0 saturated carbocycles. The lowest BCUT2D eigenvalue weighted by Crippen LogP contribution is -2.43. The van der Waals surface area contributed by atoms with Crippen LogP contribution in [0, 0.1) is 5.92 Å². The van der Waals surface area contributed by atoms with Gasteiger partial charge in [-0.05, 0) is 43.3 Å². The molecule has 1 aliphatic rings. The van der Waals surface area contributed by atoms with Crippen LogP contribution in [0.4, 0.5) is 0 Å². The summed E-state index contributed by atoms with van der Waals surface area (Å²) < 4.78 is 5.24. The maximum absolute atomic E-state index is 5.83. The molecular formula is C12H12ClN3O. The average Bonchev–Trinajstić information content (AvgIpc) is 2.73. The first-order valence-corrected chi connectivity index (χ1v) is 5.98. The smallest absolute Gasteiger partial charge is 0.257 e. The maximum Gasteiger partial charge on any atom is 0.257 e. The zero-order valence-electron chi connectivity index (χ0n) is 9.19. The molecule has 88 valence electrons. The van der Waals surface area contributed by atoms with E-state index in [1.165, 1.54) is 0 Å². The summed E-state index contributed by atoms with van der Waals surface area (Å²) in [5.74, 6) is 1.98. The van der Waals surface area contributed by atoms with Gasteiger partial charge in [-0.3, -0.25) is 0 Å². The molecule has 0 aliphatic carbocycles. The minimum Gasteiger partial charge on any atom is -0.334 e. The minimum atomic E-state index is 0.559. The van der Waals surface area contributed by atoms with Crippen molar-refractivity contribution in [3.05, 3.63) is 35.1 Å². The molecule has 2 aromatic rings. The van der Waals surface area contributed by atoms with Crippen LogP contribution in [-0.4, -0.2) is 23.2 Å². The Balaban J connectivity index is 1.76. The molecule has 0 atom stereocenters. The fourth-order valence-electron chi connectivity index (χ4n) is 1.80. The van der Waals surface area contributed by atoms with E-state index in [1.807, 2.05) is 24.3 Å². The lowest BCUT2D eigenvalue weighted by Gasteiger charge is -2.25. The topological polar surface area (TPSA) is 51.0 Å². The fourth-order valence-corrected chi connectivity index (χ4v) is 1.92. The third-order valence-corrected chi connectivity index (χ3v) is 3.15. The van der Waals surface area contributed by atoms with Crippen molar-refractivity contribution in [1.82, 2.24) is 15.5 Å². The Morgan fingerprint density at radius 3 is 2.71 bits per heavy atom. The molecule has 0 unspecified atom stereocenters. The van der Waals surface area contributed by atoms with Crippen LogP contribution in [0.5, 0.6) is 0 Å². The zero-order chi connectivity index (χ0) is 11.7. The van der Waals surface area contributed by atoms with Gasteiger partial charge in [0.2, 0.25) is 0 Å². The first-order valence-electron chi connectivity index (χ1n) is 5.60. The Labute approximate surface area is 104 Å². The molecule has 1 fully saturated rings. The first kappa shape index (κ1) is 10.7. The Morgan fingerprint density at radius 2 is 2.06 bits per heavy atom. The molecule has 1 N–H and O–H groups in total. The Hall–Kier alpha value is -1.39. The quantitative estimate of drug-likeness (QED) is 0.906. The van der Waals surface area contributed by atoms with Crippen molar-refractivity contribution < 1.29 is 4.52 Å². The van der Waals surface area contributed by atoms with Gasteiger partial charge in [0.15, 0.2) is 5.82 Å². The number of hydrogen-bond acceptors (Lipinski definition) is 4. The Morgan fingerprint density at radius 1 is 1.29 bits per heavy atom. The standard InChI is InChI=1S/C12H12ClN3O/c13-10-3-1-9(2-4-10)12-15-11(16-17-12)5-8-6-14-7-8/h1-4,8,14H,5-7H2. The second kappa shape index (κ2) is 4.47. The Bertz CT molecular complexity index is 505. The van der Waals surface area contributed by atoms with Crippen molar-refractivity contribution in [2.45, 2.75) is 6.42 Å². The summed E-state index contributed by atoms with van der Waals surface area (Å²) in [5, 5.41) is 7.92. The van der Waals surface area contributed by atoms with Gasteiger partial charge < -0.3 is 9.84 Å². The summed E-state index contributed by atoms with van der Waals surface area (Å²) in [4.78, 5) is 4.38. The third kappa shape index (κ3) is 2.33. The van der Waals surface area contributed by atoms with Gasteiger partial charge in [0.1, 0.15) is 0 Å². The molecule has 1 saturated heterocycles. The summed E-state index contributed by atoms with van der Waals surface area (Å²) in [6, 6.07) is 7.39. The van der Waals surface area contributed by atoms with Gasteiger partial charge in [0.25, 0.3) is 5.89 Å². The zero-order valence-corrected chi connectivity index (χ0v) is 9.94.